The van der Waals surface area contributed by atoms with Crippen molar-refractivity contribution in [1.82, 2.24) is 24.8 Å². The topological polar surface area (TPSA) is 108 Å². The second-order valence-corrected chi connectivity index (χ2v) is 9.20. The fourth-order valence-corrected chi connectivity index (χ4v) is 4.46. The van der Waals surface area contributed by atoms with E-state index in [0.29, 0.717) is 28.9 Å². The first-order valence-corrected chi connectivity index (χ1v) is 11.7. The van der Waals surface area contributed by atoms with E-state index in [-0.39, 0.29) is 17.1 Å². The monoisotopic (exact) mass is 496 g/mol. The Balaban J connectivity index is 1.35. The molecule has 5 rings (SSSR count). The van der Waals surface area contributed by atoms with E-state index >= 15 is 0 Å². The average Bonchev–Trinajstić information content (AvgIpc) is 3.45. The van der Waals surface area contributed by atoms with Gasteiger partial charge in [0.25, 0.3) is 0 Å². The van der Waals surface area contributed by atoms with E-state index in [4.69, 9.17) is 5.73 Å². The van der Waals surface area contributed by atoms with Gasteiger partial charge in [-0.25, -0.2) is 15.0 Å². The van der Waals surface area contributed by atoms with Crippen molar-refractivity contribution in [2.24, 2.45) is 0 Å². The summed E-state index contributed by atoms with van der Waals surface area (Å²) in [6, 6.07) is 9.57. The van der Waals surface area contributed by atoms with Crippen molar-refractivity contribution in [2.75, 3.05) is 36.5 Å². The number of fused-ring (bicyclic) bond motifs is 1. The number of nitrogens with one attached hydrogen (secondary N) is 3. The zero-order valence-electron chi connectivity index (χ0n) is 19.9. The highest BCUT2D eigenvalue weighted by atomic mass is 19.4. The Bertz CT molecular complexity index is 1370. The number of likely N-dealkylation sites (tertiary alicyclic amines) is 1. The number of alkyl halides is 3. The third-order valence-electron chi connectivity index (χ3n) is 6.45. The van der Waals surface area contributed by atoms with Crippen LogP contribution in [0.4, 0.5) is 30.5 Å². The number of nitrogens with zero attached hydrogens (tertiary/aromatic N) is 4. The lowest BCUT2D eigenvalue weighted by Crippen LogP contribution is -2.23. The SMILES string of the molecule is C[C@@H](Nc1ncc(N)c(-c2c[nH]c3ncc(C(F)(F)F)cc23)n1)c1ccc(NC2CCN(C)C2)cc1. The van der Waals surface area contributed by atoms with E-state index < -0.39 is 11.7 Å². The molecule has 1 fully saturated rings. The number of anilines is 3. The first-order chi connectivity index (χ1) is 17.2. The molecule has 0 aliphatic carbocycles. The number of benzene rings is 1. The lowest BCUT2D eigenvalue weighted by molar-refractivity contribution is -0.137. The highest BCUT2D eigenvalue weighted by Gasteiger charge is 2.31. The van der Waals surface area contributed by atoms with Crippen LogP contribution in [0.2, 0.25) is 0 Å². The van der Waals surface area contributed by atoms with Gasteiger partial charge in [-0.05, 0) is 50.7 Å². The summed E-state index contributed by atoms with van der Waals surface area (Å²) in [5, 5.41) is 7.11. The van der Waals surface area contributed by atoms with Crippen LogP contribution < -0.4 is 16.4 Å². The van der Waals surface area contributed by atoms with Crippen LogP contribution in [-0.2, 0) is 6.18 Å². The Morgan fingerprint density at radius 3 is 2.64 bits per heavy atom. The van der Waals surface area contributed by atoms with E-state index in [1.54, 1.807) is 6.20 Å². The smallest absolute Gasteiger partial charge is 0.396 e. The maximum atomic E-state index is 13.2. The zero-order valence-corrected chi connectivity index (χ0v) is 19.9. The Labute approximate surface area is 206 Å². The molecule has 36 heavy (non-hydrogen) atoms. The van der Waals surface area contributed by atoms with E-state index in [1.807, 2.05) is 19.1 Å². The summed E-state index contributed by atoms with van der Waals surface area (Å²) >= 11 is 0. The number of hydrogen-bond acceptors (Lipinski definition) is 7. The maximum Gasteiger partial charge on any atom is 0.417 e. The molecule has 0 bridgehead atoms. The van der Waals surface area contributed by atoms with Gasteiger partial charge in [0, 0.05) is 41.6 Å². The van der Waals surface area contributed by atoms with E-state index in [2.05, 4.69) is 54.6 Å². The number of aromatic nitrogens is 4. The second-order valence-electron chi connectivity index (χ2n) is 9.20. The fourth-order valence-electron chi connectivity index (χ4n) is 4.46. The molecule has 0 spiro atoms. The molecule has 188 valence electrons. The van der Waals surface area contributed by atoms with Gasteiger partial charge in [0.15, 0.2) is 0 Å². The van der Waals surface area contributed by atoms with Crippen LogP contribution in [0.15, 0.2) is 48.9 Å². The fraction of sp³-hybridized carbons (Fsp3) is 0.320. The van der Waals surface area contributed by atoms with E-state index in [1.165, 1.54) is 6.20 Å². The molecule has 0 saturated carbocycles. The minimum atomic E-state index is -4.51. The molecule has 4 aromatic rings. The molecule has 4 heterocycles. The molecule has 8 nitrogen and oxygen atoms in total. The van der Waals surface area contributed by atoms with Gasteiger partial charge in [0.1, 0.15) is 11.3 Å². The highest BCUT2D eigenvalue weighted by molar-refractivity contribution is 5.95. The van der Waals surface area contributed by atoms with Crippen LogP contribution in [0.3, 0.4) is 0 Å². The van der Waals surface area contributed by atoms with Crippen molar-refractivity contribution < 1.29 is 13.2 Å². The van der Waals surface area contributed by atoms with Gasteiger partial charge in [-0.1, -0.05) is 12.1 Å². The number of rotatable bonds is 6. The van der Waals surface area contributed by atoms with Crippen molar-refractivity contribution in [2.45, 2.75) is 31.6 Å². The molecule has 3 aromatic heterocycles. The van der Waals surface area contributed by atoms with Crippen LogP contribution >= 0.6 is 0 Å². The number of hydrogen-bond donors (Lipinski definition) is 4. The normalized spacial score (nSPS) is 17.4. The van der Waals surface area contributed by atoms with Gasteiger partial charge in [0.2, 0.25) is 5.95 Å². The predicted octanol–water partition coefficient (Wildman–Crippen LogP) is 4.91. The van der Waals surface area contributed by atoms with E-state index in [9.17, 15) is 13.2 Å². The largest absolute Gasteiger partial charge is 0.417 e. The summed E-state index contributed by atoms with van der Waals surface area (Å²) < 4.78 is 39.7. The van der Waals surface area contributed by atoms with Crippen molar-refractivity contribution in [1.29, 1.82) is 0 Å². The third-order valence-corrected chi connectivity index (χ3v) is 6.45. The molecule has 1 aromatic carbocycles. The second kappa shape index (κ2) is 9.30. The molecule has 1 aliphatic rings. The first-order valence-electron chi connectivity index (χ1n) is 11.7. The third kappa shape index (κ3) is 4.92. The van der Waals surface area contributed by atoms with Crippen LogP contribution in [0, 0.1) is 0 Å². The van der Waals surface area contributed by atoms with Gasteiger partial charge >= 0.3 is 6.18 Å². The van der Waals surface area contributed by atoms with E-state index in [0.717, 1.165) is 43.0 Å². The van der Waals surface area contributed by atoms with Crippen LogP contribution in [0.5, 0.6) is 0 Å². The Kier molecular flexibility index (Phi) is 6.17. The van der Waals surface area contributed by atoms with Crippen molar-refractivity contribution in [3.05, 3.63) is 60.0 Å². The van der Waals surface area contributed by atoms with Gasteiger partial charge in [-0.2, -0.15) is 13.2 Å². The van der Waals surface area contributed by atoms with Gasteiger partial charge < -0.3 is 26.3 Å². The van der Waals surface area contributed by atoms with Gasteiger partial charge in [0.05, 0.1) is 23.5 Å². The summed E-state index contributed by atoms with van der Waals surface area (Å²) in [7, 11) is 2.12. The number of nitrogens with two attached hydrogens (primary N) is 1. The summed E-state index contributed by atoms with van der Waals surface area (Å²) in [4.78, 5) is 17.9. The lowest BCUT2D eigenvalue weighted by atomic mass is 10.1. The number of aromatic amines is 1. The summed E-state index contributed by atoms with van der Waals surface area (Å²) in [5.74, 6) is 0.317. The molecule has 2 atom stereocenters. The summed E-state index contributed by atoms with van der Waals surface area (Å²) in [6.45, 7) is 4.11. The molecule has 1 saturated heterocycles. The van der Waals surface area contributed by atoms with Gasteiger partial charge in [-0.3, -0.25) is 0 Å². The first kappa shape index (κ1) is 23.9. The van der Waals surface area contributed by atoms with Crippen molar-refractivity contribution in [3.8, 4) is 11.3 Å². The number of H-pyrrole nitrogens is 1. The summed E-state index contributed by atoms with van der Waals surface area (Å²) in [5.41, 5.74) is 8.70. The number of halogens is 3. The Hall–Kier alpha value is -3.86. The quantitative estimate of drug-likeness (QED) is 0.300. The molecular weight excluding hydrogens is 469 g/mol. The molecular formula is C25H27F3N8. The number of likely N-dealkylation sites (N-methyl/N-ethyl adjacent to an activating group) is 1. The lowest BCUT2D eigenvalue weighted by Gasteiger charge is -2.17. The number of nitrogen functional groups attached to an aromatic ring is 1. The minimum Gasteiger partial charge on any atom is -0.396 e. The molecule has 1 unspecified atom stereocenters. The average molecular weight is 497 g/mol. The molecule has 0 radical (unpaired) electrons. The van der Waals surface area contributed by atoms with Crippen LogP contribution in [0.1, 0.15) is 30.5 Å². The van der Waals surface area contributed by atoms with Crippen molar-refractivity contribution >= 4 is 28.4 Å². The molecule has 5 N–H and O–H groups in total. The standard InChI is InChI=1S/C25H27F3N8/c1-14(15-3-5-17(6-4-15)34-18-7-8-36(2)13-18)33-24-32-12-21(29)22(35-24)20-11-31-23-19(20)9-16(10-30-23)25(26,27)28/h3-6,9-12,14,18,34H,7-8,13,29H2,1-2H3,(H,30,31)(H,32,33,35)/t14-,18?/m1/s1. The van der Waals surface area contributed by atoms with Crippen molar-refractivity contribution in [3.63, 3.8) is 0 Å². The van der Waals surface area contributed by atoms with Gasteiger partial charge in [-0.15, -0.1) is 0 Å². The minimum absolute atomic E-state index is 0.116. The van der Waals surface area contributed by atoms with Crippen LogP contribution in [-0.4, -0.2) is 51.0 Å². The molecule has 1 aliphatic heterocycles. The summed E-state index contributed by atoms with van der Waals surface area (Å²) in [6.07, 6.45) is 0.415. The molecule has 0 amide bonds. The molecule has 11 heteroatoms. The zero-order chi connectivity index (χ0) is 25.4. The predicted molar refractivity (Wildman–Crippen MR) is 135 cm³/mol. The number of pyridine rings is 1. The maximum absolute atomic E-state index is 13.2. The Morgan fingerprint density at radius 2 is 1.94 bits per heavy atom. The Morgan fingerprint density at radius 1 is 1.17 bits per heavy atom. The van der Waals surface area contributed by atoms with Crippen LogP contribution in [0.25, 0.3) is 22.3 Å². The highest BCUT2D eigenvalue weighted by Crippen LogP contribution is 2.35.